The van der Waals surface area contributed by atoms with Crippen LogP contribution in [0, 0.1) is 6.92 Å². The smallest absolute Gasteiger partial charge is 0.340 e. The van der Waals surface area contributed by atoms with Crippen LogP contribution in [0.15, 0.2) is 52.5 Å². The third kappa shape index (κ3) is 13.1. The van der Waals surface area contributed by atoms with Crippen LogP contribution in [0.4, 0.5) is 0 Å². The first-order valence-corrected chi connectivity index (χ1v) is 13.1. The summed E-state index contributed by atoms with van der Waals surface area (Å²) in [6.45, 7) is 8.77. The van der Waals surface area contributed by atoms with E-state index < -0.39 is 22.1 Å². The quantitative estimate of drug-likeness (QED) is 0.139. The Balaban J connectivity index is 0.000000794. The van der Waals surface area contributed by atoms with Crippen molar-refractivity contribution in [2.24, 2.45) is 10.9 Å². The van der Waals surface area contributed by atoms with Gasteiger partial charge >= 0.3 is 10.1 Å². The molecular formula is C24H33ClN4O8S. The zero-order valence-electron chi connectivity index (χ0n) is 21.4. The molecule has 0 unspecified atom stereocenters. The highest BCUT2D eigenvalue weighted by atomic mass is 35.5. The van der Waals surface area contributed by atoms with Crippen LogP contribution in [0.3, 0.4) is 0 Å². The first-order valence-electron chi connectivity index (χ1n) is 11.4. The van der Waals surface area contributed by atoms with Gasteiger partial charge in [0.25, 0.3) is 11.9 Å². The molecule has 0 bridgehead atoms. The van der Waals surface area contributed by atoms with Gasteiger partial charge < -0.3 is 29.9 Å². The second-order valence-electron chi connectivity index (χ2n) is 7.98. The largest absolute Gasteiger partial charge is 0.492 e. The highest BCUT2D eigenvalue weighted by molar-refractivity contribution is 7.87. The van der Waals surface area contributed by atoms with Crippen molar-refractivity contribution in [1.29, 1.82) is 0 Å². The number of piperazine rings is 1. The number of halogens is 1. The van der Waals surface area contributed by atoms with Crippen molar-refractivity contribution in [2.45, 2.75) is 25.7 Å². The minimum absolute atomic E-state index is 0.0746. The van der Waals surface area contributed by atoms with Gasteiger partial charge in [-0.25, -0.2) is 0 Å². The third-order valence-corrected chi connectivity index (χ3v) is 6.40. The summed E-state index contributed by atoms with van der Waals surface area (Å²) in [6.07, 6.45) is 1.65. The second-order valence-corrected chi connectivity index (χ2v) is 9.90. The molecule has 4 N–H and O–H groups in total. The van der Waals surface area contributed by atoms with Crippen molar-refractivity contribution in [2.75, 3.05) is 39.3 Å². The molecule has 1 saturated heterocycles. The maximum absolute atomic E-state index is 12.6. The van der Waals surface area contributed by atoms with Crippen LogP contribution in [0.1, 0.15) is 19.4 Å². The Labute approximate surface area is 227 Å². The summed E-state index contributed by atoms with van der Waals surface area (Å²) in [5.41, 5.74) is 0.826. The summed E-state index contributed by atoms with van der Waals surface area (Å²) in [4.78, 5) is 22.3. The third-order valence-electron chi connectivity index (χ3n) is 4.65. The molecule has 1 aliphatic rings. The molecule has 1 aliphatic heterocycles. The normalized spacial score (nSPS) is 13.5. The number of hydrazone groups is 1. The number of nitrogens with two attached hydrogens (primary N) is 1. The van der Waals surface area contributed by atoms with Crippen LogP contribution < -0.4 is 14.8 Å². The topological polar surface area (TPSA) is 172 Å². The van der Waals surface area contributed by atoms with Crippen molar-refractivity contribution in [1.82, 2.24) is 9.80 Å². The van der Waals surface area contributed by atoms with Crippen LogP contribution in [-0.2, 0) is 19.7 Å². The van der Waals surface area contributed by atoms with Crippen molar-refractivity contribution in [3.05, 3.63) is 53.1 Å². The molecule has 14 heteroatoms. The summed E-state index contributed by atoms with van der Waals surface area (Å²) >= 11 is 6.00. The van der Waals surface area contributed by atoms with Gasteiger partial charge in [0.1, 0.15) is 29.3 Å². The molecule has 0 amide bonds. The van der Waals surface area contributed by atoms with Crippen LogP contribution in [0.25, 0.3) is 0 Å². The molecule has 3 rings (SSSR count). The fourth-order valence-corrected chi connectivity index (χ4v) is 4.56. The van der Waals surface area contributed by atoms with Gasteiger partial charge in [-0.2, -0.15) is 13.5 Å². The van der Waals surface area contributed by atoms with Crippen molar-refractivity contribution in [3.8, 4) is 11.5 Å². The van der Waals surface area contributed by atoms with E-state index in [9.17, 15) is 8.42 Å². The lowest BCUT2D eigenvalue weighted by Gasteiger charge is -2.33. The van der Waals surface area contributed by atoms with Gasteiger partial charge in [-0.1, -0.05) is 23.7 Å². The molecule has 1 heterocycles. The summed E-state index contributed by atoms with van der Waals surface area (Å²) in [5, 5.41) is 18.5. The minimum Gasteiger partial charge on any atom is -0.492 e. The lowest BCUT2D eigenvalue weighted by Crippen LogP contribution is -2.46. The highest BCUT2D eigenvalue weighted by Gasteiger charge is 2.20. The van der Waals surface area contributed by atoms with Crippen LogP contribution in [0.5, 0.6) is 11.5 Å². The van der Waals surface area contributed by atoms with E-state index in [0.717, 1.165) is 52.1 Å². The molecule has 0 saturated carbocycles. The summed E-state index contributed by atoms with van der Waals surface area (Å²) in [6, 6.07) is 11.2. The number of hydrogen-bond donors (Lipinski definition) is 3. The van der Waals surface area contributed by atoms with Crippen molar-refractivity contribution in [3.63, 3.8) is 0 Å². The second kappa shape index (κ2) is 16.3. The summed E-state index contributed by atoms with van der Waals surface area (Å²) < 4.78 is 36.3. The van der Waals surface area contributed by atoms with Gasteiger partial charge in [0.15, 0.2) is 0 Å². The van der Waals surface area contributed by atoms with Gasteiger partial charge in [0.2, 0.25) is 0 Å². The Morgan fingerprint density at radius 3 is 2.16 bits per heavy atom. The lowest BCUT2D eigenvalue weighted by molar-refractivity contribution is -0.135. The highest BCUT2D eigenvalue weighted by Crippen LogP contribution is 2.28. The van der Waals surface area contributed by atoms with E-state index >= 15 is 0 Å². The van der Waals surface area contributed by atoms with E-state index in [1.165, 1.54) is 12.1 Å². The number of hydrogen-bond acceptors (Lipinski definition) is 9. The number of ether oxygens (including phenoxy) is 1. The molecule has 0 radical (unpaired) electrons. The van der Waals surface area contributed by atoms with E-state index in [4.69, 9.17) is 46.2 Å². The molecule has 210 valence electrons. The van der Waals surface area contributed by atoms with Crippen molar-refractivity contribution >= 4 is 40.0 Å². The fraction of sp³-hybridized carbons (Fsp3) is 0.375. The molecule has 12 nitrogen and oxygen atoms in total. The summed E-state index contributed by atoms with van der Waals surface area (Å²) in [7, 11) is -4.05. The van der Waals surface area contributed by atoms with Crippen LogP contribution in [-0.4, -0.2) is 86.0 Å². The Bertz CT molecular complexity index is 1170. The Kier molecular flexibility index (Phi) is 14.0. The number of aliphatic carboxylic acids is 2. The maximum atomic E-state index is 12.6. The minimum atomic E-state index is -4.05. The molecule has 0 spiro atoms. The molecule has 0 aliphatic carbocycles. The number of nitrogens with zero attached hydrogens (tertiary/aromatic N) is 3. The summed E-state index contributed by atoms with van der Waals surface area (Å²) in [5.74, 6) is 4.24. The van der Waals surface area contributed by atoms with Gasteiger partial charge in [-0.15, -0.1) is 0 Å². The Hall–Kier alpha value is -3.55. The van der Waals surface area contributed by atoms with Gasteiger partial charge in [-0.05, 0) is 36.8 Å². The number of aryl methyl sites for hydroxylation is 1. The molecule has 2 aromatic carbocycles. The predicted octanol–water partition coefficient (Wildman–Crippen LogP) is 2.50. The van der Waals surface area contributed by atoms with Crippen LogP contribution >= 0.6 is 11.6 Å². The van der Waals surface area contributed by atoms with E-state index in [0.29, 0.717) is 12.4 Å². The molecule has 0 aromatic heterocycles. The number of benzene rings is 2. The van der Waals surface area contributed by atoms with E-state index in [-0.39, 0.29) is 15.7 Å². The molecule has 38 heavy (non-hydrogen) atoms. The van der Waals surface area contributed by atoms with Gasteiger partial charge in [-0.3, -0.25) is 14.5 Å². The molecule has 1 fully saturated rings. The number of carboxylic acids is 2. The molecule has 2 aromatic rings. The van der Waals surface area contributed by atoms with E-state index in [2.05, 4.69) is 14.9 Å². The van der Waals surface area contributed by atoms with E-state index in [1.54, 1.807) is 30.6 Å². The van der Waals surface area contributed by atoms with Crippen LogP contribution in [0.2, 0.25) is 5.02 Å². The van der Waals surface area contributed by atoms with Crippen molar-refractivity contribution < 1.29 is 37.1 Å². The Morgan fingerprint density at radius 1 is 1.05 bits per heavy atom. The average molecular weight is 573 g/mol. The fourth-order valence-electron chi connectivity index (χ4n) is 3.15. The van der Waals surface area contributed by atoms with E-state index in [1.807, 2.05) is 13.0 Å². The monoisotopic (exact) mass is 572 g/mol. The Morgan fingerprint density at radius 2 is 1.61 bits per heavy atom. The van der Waals surface area contributed by atoms with Gasteiger partial charge in [0.05, 0.1) is 5.02 Å². The maximum Gasteiger partial charge on any atom is 0.340 e. The lowest BCUT2D eigenvalue weighted by atomic mass is 10.2. The predicted molar refractivity (Wildman–Crippen MR) is 143 cm³/mol. The SMILES string of the molecule is CC(=O)O.CC(=O)O.Cc1cc(OCCN2CCN(C=NN)CC2)cc(OS(=O)(=O)c2ccccc2Cl)c1. The molecule has 0 atom stereocenters. The number of carbonyl (C=O) groups is 2. The zero-order chi connectivity index (χ0) is 28.7. The zero-order valence-corrected chi connectivity index (χ0v) is 23.0. The van der Waals surface area contributed by atoms with Gasteiger partial charge in [0, 0.05) is 52.6 Å². The number of carboxylic acid groups (broad SMARTS) is 2. The molecular weight excluding hydrogens is 540 g/mol. The number of rotatable bonds is 8. The average Bonchev–Trinajstić information content (AvgIpc) is 2.79. The first-order chi connectivity index (χ1) is 17.8. The standard InChI is InChI=1S/C20H25ClN4O4S.2C2H4O2/c1-16-12-17(28-11-10-24-6-8-25(9-7-24)15-23-22)14-18(13-16)29-30(26,27)20-5-3-2-4-19(20)21;2*1-2(3)4/h2-5,12-15H,6-11,22H2,1H3;2*1H3,(H,3,4). The first kappa shape index (κ1) is 32.5.